The molecule has 0 spiro atoms. The number of thiophene rings is 1. The van der Waals surface area contributed by atoms with Crippen molar-refractivity contribution in [2.24, 2.45) is 0 Å². The third-order valence-electron chi connectivity index (χ3n) is 5.15. The number of carbonyl (C=O) groups is 1. The van der Waals surface area contributed by atoms with Crippen LogP contribution in [0.25, 0.3) is 0 Å². The van der Waals surface area contributed by atoms with E-state index in [0.29, 0.717) is 6.54 Å². The number of hydrogen-bond donors (Lipinski definition) is 1. The van der Waals surface area contributed by atoms with Crippen LogP contribution in [0.15, 0.2) is 41.8 Å². The van der Waals surface area contributed by atoms with Crippen LogP contribution in [-0.4, -0.2) is 61.6 Å². The fourth-order valence-electron chi connectivity index (χ4n) is 3.38. The first-order valence-electron chi connectivity index (χ1n) is 9.55. The van der Waals surface area contributed by atoms with Crippen molar-refractivity contribution in [1.82, 2.24) is 15.1 Å². The maximum absolute atomic E-state index is 12.4. The molecule has 6 heteroatoms. The zero-order chi connectivity index (χ0) is 19.1. The van der Waals surface area contributed by atoms with Gasteiger partial charge in [-0.2, -0.15) is 0 Å². The molecule has 1 saturated heterocycles. The first kappa shape index (κ1) is 19.9. The lowest BCUT2D eigenvalue weighted by atomic mass is 10.1. The van der Waals surface area contributed by atoms with Crippen LogP contribution >= 0.6 is 11.3 Å². The molecule has 146 valence electrons. The minimum absolute atomic E-state index is 0.0727. The van der Waals surface area contributed by atoms with Crippen molar-refractivity contribution in [2.75, 3.05) is 39.8 Å². The van der Waals surface area contributed by atoms with E-state index < -0.39 is 0 Å². The average Bonchev–Trinajstić information content (AvgIpc) is 3.22. The number of nitrogens with one attached hydrogen (secondary N) is 1. The Balaban J connectivity index is 1.38. The first-order chi connectivity index (χ1) is 13.2. The van der Waals surface area contributed by atoms with E-state index in [-0.39, 0.29) is 11.9 Å². The molecule has 0 bridgehead atoms. The molecule has 2 heterocycles. The first-order valence-corrected chi connectivity index (χ1v) is 10.4. The highest BCUT2D eigenvalue weighted by atomic mass is 32.1. The summed E-state index contributed by atoms with van der Waals surface area (Å²) in [5.74, 6) is 1.03. The van der Waals surface area contributed by atoms with Crippen molar-refractivity contribution in [3.8, 4) is 5.75 Å². The van der Waals surface area contributed by atoms with E-state index in [1.54, 1.807) is 18.4 Å². The number of benzene rings is 1. The smallest absolute Gasteiger partial charge is 0.237 e. The molecule has 1 aliphatic rings. The standard InChI is InChI=1S/C21H29N3O2S/c1-17(21(25)22-10-9-20-4-3-15-27-20)24-13-11-23(12-14-24)16-18-5-7-19(26-2)8-6-18/h3-8,15,17H,9-14,16H2,1-2H3,(H,22,25)/t17-/m0/s1. The second-order valence-electron chi connectivity index (χ2n) is 6.96. The molecular weight excluding hydrogens is 358 g/mol. The molecule has 1 N–H and O–H groups in total. The summed E-state index contributed by atoms with van der Waals surface area (Å²) >= 11 is 1.74. The number of nitrogens with zero attached hydrogens (tertiary/aromatic N) is 2. The molecule has 1 fully saturated rings. The number of amides is 1. The molecule has 1 aliphatic heterocycles. The minimum Gasteiger partial charge on any atom is -0.497 e. The Labute approximate surface area is 165 Å². The Morgan fingerprint density at radius 3 is 2.56 bits per heavy atom. The predicted molar refractivity (Wildman–Crippen MR) is 110 cm³/mol. The van der Waals surface area contributed by atoms with Gasteiger partial charge in [-0.15, -0.1) is 11.3 Å². The lowest BCUT2D eigenvalue weighted by Crippen LogP contribution is -2.53. The largest absolute Gasteiger partial charge is 0.497 e. The van der Waals surface area contributed by atoms with Gasteiger partial charge in [0.15, 0.2) is 0 Å². The van der Waals surface area contributed by atoms with Crippen LogP contribution in [0, 0.1) is 0 Å². The molecule has 1 aromatic heterocycles. The van der Waals surface area contributed by atoms with E-state index in [9.17, 15) is 4.79 Å². The number of carbonyl (C=O) groups excluding carboxylic acids is 1. The summed E-state index contributed by atoms with van der Waals surface area (Å²) in [6.45, 7) is 7.49. The average molecular weight is 388 g/mol. The molecule has 2 aromatic rings. The SMILES string of the molecule is COc1ccc(CN2CCN([C@@H](C)C(=O)NCCc3cccs3)CC2)cc1. The number of ether oxygens (including phenoxy) is 1. The van der Waals surface area contributed by atoms with Gasteiger partial charge >= 0.3 is 0 Å². The van der Waals surface area contributed by atoms with Gasteiger partial charge in [-0.25, -0.2) is 0 Å². The Morgan fingerprint density at radius 1 is 1.19 bits per heavy atom. The molecule has 0 radical (unpaired) electrons. The molecule has 0 unspecified atom stereocenters. The Morgan fingerprint density at radius 2 is 1.93 bits per heavy atom. The summed E-state index contributed by atoms with van der Waals surface area (Å²) in [6.07, 6.45) is 0.908. The zero-order valence-corrected chi connectivity index (χ0v) is 17.0. The second-order valence-corrected chi connectivity index (χ2v) is 7.99. The van der Waals surface area contributed by atoms with E-state index in [1.165, 1.54) is 10.4 Å². The number of rotatable bonds is 8. The maximum atomic E-state index is 12.4. The van der Waals surface area contributed by atoms with Gasteiger partial charge in [0.05, 0.1) is 13.2 Å². The topological polar surface area (TPSA) is 44.8 Å². The molecule has 0 aliphatic carbocycles. The van der Waals surface area contributed by atoms with Gasteiger partial charge in [0.1, 0.15) is 5.75 Å². The highest BCUT2D eigenvalue weighted by molar-refractivity contribution is 7.09. The monoisotopic (exact) mass is 387 g/mol. The third kappa shape index (κ3) is 5.79. The number of methoxy groups -OCH3 is 1. The summed E-state index contributed by atoms with van der Waals surface area (Å²) in [6, 6.07) is 12.3. The predicted octanol–water partition coefficient (Wildman–Crippen LogP) is 2.62. The van der Waals surface area contributed by atoms with Crippen molar-refractivity contribution in [3.63, 3.8) is 0 Å². The quantitative estimate of drug-likeness (QED) is 0.756. The van der Waals surface area contributed by atoms with Crippen LogP contribution in [0.5, 0.6) is 5.75 Å². The summed E-state index contributed by atoms with van der Waals surface area (Å²) < 4.78 is 5.21. The maximum Gasteiger partial charge on any atom is 0.237 e. The molecule has 3 rings (SSSR count). The number of hydrogen-bond acceptors (Lipinski definition) is 5. The summed E-state index contributed by atoms with van der Waals surface area (Å²) in [5, 5.41) is 5.16. The fourth-order valence-corrected chi connectivity index (χ4v) is 4.08. The van der Waals surface area contributed by atoms with E-state index in [4.69, 9.17) is 4.74 Å². The molecule has 27 heavy (non-hydrogen) atoms. The lowest BCUT2D eigenvalue weighted by molar-refractivity contribution is -0.126. The van der Waals surface area contributed by atoms with Gasteiger partial charge in [0.2, 0.25) is 5.91 Å². The molecule has 1 aromatic carbocycles. The van der Waals surface area contributed by atoms with Crippen LogP contribution in [0.3, 0.4) is 0 Å². The highest BCUT2D eigenvalue weighted by Gasteiger charge is 2.25. The summed E-state index contributed by atoms with van der Waals surface area (Å²) in [5.41, 5.74) is 1.30. The molecule has 1 amide bonds. The normalized spacial score (nSPS) is 16.8. The van der Waals surface area contributed by atoms with Crippen LogP contribution in [-0.2, 0) is 17.8 Å². The molecule has 0 saturated carbocycles. The van der Waals surface area contributed by atoms with Crippen molar-refractivity contribution < 1.29 is 9.53 Å². The van der Waals surface area contributed by atoms with Crippen molar-refractivity contribution in [1.29, 1.82) is 0 Å². The Kier molecular flexibility index (Phi) is 7.26. The van der Waals surface area contributed by atoms with Gasteiger partial charge < -0.3 is 10.1 Å². The van der Waals surface area contributed by atoms with Gasteiger partial charge in [-0.3, -0.25) is 14.6 Å². The summed E-state index contributed by atoms with van der Waals surface area (Å²) in [4.78, 5) is 18.5. The van der Waals surface area contributed by atoms with Crippen molar-refractivity contribution in [3.05, 3.63) is 52.2 Å². The van der Waals surface area contributed by atoms with E-state index in [1.807, 2.05) is 19.1 Å². The third-order valence-corrected chi connectivity index (χ3v) is 6.09. The minimum atomic E-state index is -0.0727. The van der Waals surface area contributed by atoms with Crippen LogP contribution in [0.2, 0.25) is 0 Å². The van der Waals surface area contributed by atoms with Crippen LogP contribution in [0.4, 0.5) is 0 Å². The van der Waals surface area contributed by atoms with Crippen LogP contribution in [0.1, 0.15) is 17.4 Å². The molecule has 5 nitrogen and oxygen atoms in total. The van der Waals surface area contributed by atoms with Gasteiger partial charge in [0, 0.05) is 44.1 Å². The summed E-state index contributed by atoms with van der Waals surface area (Å²) in [7, 11) is 1.69. The Hall–Kier alpha value is -1.89. The molecular formula is C21H29N3O2S. The fraction of sp³-hybridized carbons (Fsp3) is 0.476. The van der Waals surface area contributed by atoms with E-state index in [2.05, 4.69) is 44.8 Å². The number of piperazine rings is 1. The Bertz CT molecular complexity index is 695. The van der Waals surface area contributed by atoms with E-state index >= 15 is 0 Å². The van der Waals surface area contributed by atoms with Gasteiger partial charge in [0.25, 0.3) is 0 Å². The van der Waals surface area contributed by atoms with Gasteiger partial charge in [-0.05, 0) is 42.5 Å². The van der Waals surface area contributed by atoms with Crippen LogP contribution < -0.4 is 10.1 Å². The second kappa shape index (κ2) is 9.88. The molecule has 1 atom stereocenters. The zero-order valence-electron chi connectivity index (χ0n) is 16.2. The van der Waals surface area contributed by atoms with Gasteiger partial charge in [-0.1, -0.05) is 18.2 Å². The van der Waals surface area contributed by atoms with Crippen molar-refractivity contribution in [2.45, 2.75) is 25.9 Å². The van der Waals surface area contributed by atoms with E-state index in [0.717, 1.165) is 44.9 Å². The highest BCUT2D eigenvalue weighted by Crippen LogP contribution is 2.15. The lowest BCUT2D eigenvalue weighted by Gasteiger charge is -2.37. The van der Waals surface area contributed by atoms with Crippen molar-refractivity contribution >= 4 is 17.2 Å².